The van der Waals surface area contributed by atoms with Crippen LogP contribution in [-0.2, 0) is 6.54 Å². The molecule has 4 rings (SSSR count). The molecule has 6 nitrogen and oxygen atoms in total. The summed E-state index contributed by atoms with van der Waals surface area (Å²) in [5.41, 5.74) is 0.490. The van der Waals surface area contributed by atoms with Crippen LogP contribution in [0.1, 0.15) is 39.4 Å². The molecular formula is C18H15ClF3N5OS. The molecule has 0 radical (unpaired) electrons. The standard InChI is InChI=1S/C18H15ClF3N5OS/c19-14-15(17(28)24-9-10-3-1-5-23-8-10)26-27-13(18(20,21)22)7-11(25-16(14)27)12-4-2-6-29-12/h1-6,8,11,13,25H,7,9H2,(H,24,28). The fraction of sp³-hybridized carbons (Fsp3) is 0.278. The lowest BCUT2D eigenvalue weighted by molar-refractivity contribution is -0.173. The highest BCUT2D eigenvalue weighted by atomic mass is 35.5. The van der Waals surface area contributed by atoms with E-state index < -0.39 is 24.2 Å². The van der Waals surface area contributed by atoms with Crippen molar-refractivity contribution in [2.75, 3.05) is 5.32 Å². The number of nitrogens with zero attached hydrogens (tertiary/aromatic N) is 3. The van der Waals surface area contributed by atoms with Crippen molar-refractivity contribution in [3.05, 3.63) is 63.2 Å². The van der Waals surface area contributed by atoms with Gasteiger partial charge in [-0.1, -0.05) is 23.7 Å². The molecule has 0 aromatic carbocycles. The molecule has 0 fully saturated rings. The number of amides is 1. The predicted molar refractivity (Wildman–Crippen MR) is 103 cm³/mol. The minimum absolute atomic E-state index is 0.00910. The Morgan fingerprint density at radius 2 is 2.21 bits per heavy atom. The molecule has 1 amide bonds. The zero-order valence-electron chi connectivity index (χ0n) is 14.8. The average Bonchev–Trinajstić information content (AvgIpc) is 3.34. The van der Waals surface area contributed by atoms with Gasteiger partial charge in [-0.15, -0.1) is 11.3 Å². The van der Waals surface area contributed by atoms with Crippen molar-refractivity contribution >= 4 is 34.7 Å². The van der Waals surface area contributed by atoms with Gasteiger partial charge in [0.1, 0.15) is 10.8 Å². The van der Waals surface area contributed by atoms with Gasteiger partial charge in [0.25, 0.3) is 5.91 Å². The fourth-order valence-electron chi connectivity index (χ4n) is 3.18. The Kier molecular flexibility index (Phi) is 5.22. The van der Waals surface area contributed by atoms with Crippen LogP contribution < -0.4 is 10.6 Å². The van der Waals surface area contributed by atoms with Crippen LogP contribution in [0.5, 0.6) is 0 Å². The largest absolute Gasteiger partial charge is 0.410 e. The highest BCUT2D eigenvalue weighted by Gasteiger charge is 2.48. The summed E-state index contributed by atoms with van der Waals surface area (Å²) in [6.45, 7) is 0.152. The van der Waals surface area contributed by atoms with E-state index in [-0.39, 0.29) is 29.5 Å². The molecule has 3 aromatic heterocycles. The number of carbonyl (C=O) groups is 1. The van der Waals surface area contributed by atoms with Crippen molar-refractivity contribution in [2.45, 2.75) is 31.2 Å². The Bertz CT molecular complexity index is 1010. The molecule has 2 unspecified atom stereocenters. The number of nitrogens with one attached hydrogen (secondary N) is 2. The first-order valence-corrected chi connectivity index (χ1v) is 9.92. The van der Waals surface area contributed by atoms with E-state index in [1.165, 1.54) is 11.3 Å². The van der Waals surface area contributed by atoms with Crippen molar-refractivity contribution in [3.8, 4) is 0 Å². The molecule has 3 aromatic rings. The van der Waals surface area contributed by atoms with E-state index in [0.717, 1.165) is 15.1 Å². The van der Waals surface area contributed by atoms with Crippen LogP contribution in [0, 0.1) is 0 Å². The second-order valence-corrected chi connectivity index (χ2v) is 7.86. The third-order valence-electron chi connectivity index (χ3n) is 4.57. The number of hydrogen-bond acceptors (Lipinski definition) is 5. The SMILES string of the molecule is O=C(NCc1cccnc1)c1nn2c(c1Cl)NC(c1cccs1)CC2C(F)(F)F. The topological polar surface area (TPSA) is 71.8 Å². The Morgan fingerprint density at radius 1 is 1.38 bits per heavy atom. The number of carbonyl (C=O) groups excluding carboxylic acids is 1. The minimum Gasteiger partial charge on any atom is -0.361 e. The predicted octanol–water partition coefficient (Wildman–Crippen LogP) is 4.58. The Hall–Kier alpha value is -2.59. The molecule has 1 aliphatic rings. The summed E-state index contributed by atoms with van der Waals surface area (Å²) in [5.74, 6) is -0.665. The zero-order valence-corrected chi connectivity index (χ0v) is 16.4. The number of pyridine rings is 1. The molecule has 0 saturated heterocycles. The first-order valence-electron chi connectivity index (χ1n) is 8.66. The van der Waals surface area contributed by atoms with E-state index in [4.69, 9.17) is 11.6 Å². The summed E-state index contributed by atoms with van der Waals surface area (Å²) in [7, 11) is 0. The van der Waals surface area contributed by atoms with Crippen molar-refractivity contribution < 1.29 is 18.0 Å². The van der Waals surface area contributed by atoms with Crippen molar-refractivity contribution in [1.82, 2.24) is 20.1 Å². The minimum atomic E-state index is -4.54. The monoisotopic (exact) mass is 441 g/mol. The molecule has 2 N–H and O–H groups in total. The van der Waals surface area contributed by atoms with E-state index in [1.807, 2.05) is 0 Å². The molecule has 2 atom stereocenters. The molecule has 0 aliphatic carbocycles. The van der Waals surface area contributed by atoms with E-state index in [9.17, 15) is 18.0 Å². The van der Waals surface area contributed by atoms with Gasteiger partial charge in [-0.2, -0.15) is 18.3 Å². The lowest BCUT2D eigenvalue weighted by Crippen LogP contribution is -2.35. The van der Waals surface area contributed by atoms with Gasteiger partial charge < -0.3 is 10.6 Å². The summed E-state index contributed by atoms with van der Waals surface area (Å²) in [5, 5.41) is 11.2. The highest BCUT2D eigenvalue weighted by molar-refractivity contribution is 7.10. The first-order chi connectivity index (χ1) is 13.8. The number of alkyl halides is 3. The third kappa shape index (κ3) is 3.95. The van der Waals surface area contributed by atoms with Crippen LogP contribution in [0.15, 0.2) is 42.0 Å². The number of anilines is 1. The van der Waals surface area contributed by atoms with E-state index in [2.05, 4.69) is 20.7 Å². The maximum atomic E-state index is 13.7. The Morgan fingerprint density at radius 3 is 2.86 bits per heavy atom. The molecule has 11 heteroatoms. The van der Waals surface area contributed by atoms with Crippen LogP contribution in [0.25, 0.3) is 0 Å². The molecule has 0 saturated carbocycles. The molecule has 0 spiro atoms. The quantitative estimate of drug-likeness (QED) is 0.621. The average molecular weight is 442 g/mol. The lowest BCUT2D eigenvalue weighted by atomic mass is 10.0. The Labute approximate surface area is 172 Å². The summed E-state index contributed by atoms with van der Waals surface area (Å²) >= 11 is 7.63. The van der Waals surface area contributed by atoms with Crippen LogP contribution in [0.4, 0.5) is 19.0 Å². The summed E-state index contributed by atoms with van der Waals surface area (Å²) in [6.07, 6.45) is -1.61. The van der Waals surface area contributed by atoms with Crippen molar-refractivity contribution in [3.63, 3.8) is 0 Å². The van der Waals surface area contributed by atoms with Gasteiger partial charge in [0, 0.05) is 30.2 Å². The van der Waals surface area contributed by atoms with E-state index in [1.54, 1.807) is 42.0 Å². The van der Waals surface area contributed by atoms with E-state index >= 15 is 0 Å². The summed E-state index contributed by atoms with van der Waals surface area (Å²) < 4.78 is 41.9. The maximum absolute atomic E-state index is 13.7. The van der Waals surface area contributed by atoms with Gasteiger partial charge in [0.15, 0.2) is 11.7 Å². The molecule has 29 heavy (non-hydrogen) atoms. The number of fused-ring (bicyclic) bond motifs is 1. The second kappa shape index (κ2) is 7.68. The highest BCUT2D eigenvalue weighted by Crippen LogP contribution is 2.46. The van der Waals surface area contributed by atoms with Crippen LogP contribution >= 0.6 is 22.9 Å². The zero-order chi connectivity index (χ0) is 20.6. The number of halogens is 4. The van der Waals surface area contributed by atoms with Crippen molar-refractivity contribution in [2.24, 2.45) is 0 Å². The normalized spacial score (nSPS) is 18.8. The summed E-state index contributed by atoms with van der Waals surface area (Å²) in [6, 6.07) is 4.55. The Balaban J connectivity index is 1.63. The lowest BCUT2D eigenvalue weighted by Gasteiger charge is -2.32. The van der Waals surface area contributed by atoms with E-state index in [0.29, 0.717) is 0 Å². The van der Waals surface area contributed by atoms with Gasteiger partial charge in [-0.05, 0) is 23.1 Å². The number of thiophene rings is 1. The first kappa shape index (κ1) is 19.7. The second-order valence-electron chi connectivity index (χ2n) is 6.51. The van der Waals surface area contributed by atoms with Crippen LogP contribution in [-0.4, -0.2) is 26.8 Å². The smallest absolute Gasteiger partial charge is 0.361 e. The van der Waals surface area contributed by atoms with Crippen LogP contribution in [0.2, 0.25) is 5.02 Å². The van der Waals surface area contributed by atoms with Gasteiger partial charge in [-0.3, -0.25) is 9.78 Å². The number of rotatable bonds is 4. The number of aromatic nitrogens is 3. The maximum Gasteiger partial charge on any atom is 0.410 e. The molecule has 152 valence electrons. The summed E-state index contributed by atoms with van der Waals surface area (Å²) in [4.78, 5) is 17.2. The molecule has 4 heterocycles. The number of hydrogen-bond donors (Lipinski definition) is 2. The van der Waals surface area contributed by atoms with Gasteiger partial charge in [-0.25, -0.2) is 4.68 Å². The molecular weight excluding hydrogens is 427 g/mol. The van der Waals surface area contributed by atoms with Gasteiger partial charge in [0.2, 0.25) is 0 Å². The third-order valence-corrected chi connectivity index (χ3v) is 5.92. The fourth-order valence-corrected chi connectivity index (χ4v) is 4.23. The van der Waals surface area contributed by atoms with Crippen LogP contribution in [0.3, 0.4) is 0 Å². The van der Waals surface area contributed by atoms with Gasteiger partial charge in [0.05, 0.1) is 6.04 Å². The van der Waals surface area contributed by atoms with Crippen molar-refractivity contribution in [1.29, 1.82) is 0 Å². The molecule has 1 aliphatic heterocycles. The molecule has 0 bridgehead atoms. The van der Waals surface area contributed by atoms with Gasteiger partial charge >= 0.3 is 6.18 Å².